The van der Waals surface area contributed by atoms with Crippen LogP contribution in [-0.4, -0.2) is 0 Å². The van der Waals surface area contributed by atoms with Gasteiger partial charge in [0, 0.05) is 10.5 Å². The number of anilines is 1. The molecule has 0 aliphatic rings. The van der Waals surface area contributed by atoms with Crippen LogP contribution in [0.3, 0.4) is 0 Å². The lowest BCUT2D eigenvalue weighted by Gasteiger charge is -2.10. The van der Waals surface area contributed by atoms with Gasteiger partial charge < -0.3 is 10.5 Å². The fourth-order valence-corrected chi connectivity index (χ4v) is 1.73. The smallest absolute Gasteiger partial charge is 0.153 e. The molecular weight excluding hydrogens is 299 g/mol. The number of ether oxygens (including phenoxy) is 1. The van der Waals surface area contributed by atoms with E-state index in [1.807, 2.05) is 6.07 Å². The van der Waals surface area contributed by atoms with Crippen molar-refractivity contribution < 1.29 is 9.13 Å². The summed E-state index contributed by atoms with van der Waals surface area (Å²) in [5.41, 5.74) is 6.34. The molecule has 0 spiro atoms. The number of hydrogen-bond donors (Lipinski definition) is 1. The van der Waals surface area contributed by atoms with Crippen molar-refractivity contribution in [1.82, 2.24) is 0 Å². The number of nitrogens with two attached hydrogens (primary N) is 1. The summed E-state index contributed by atoms with van der Waals surface area (Å²) in [6, 6.07) is 10.8. The van der Waals surface area contributed by atoms with Crippen LogP contribution in [0.15, 0.2) is 40.9 Å². The minimum absolute atomic E-state index is 0.185. The molecule has 5 heteroatoms. The normalized spacial score (nSPS) is 9.83. The third-order valence-electron chi connectivity index (χ3n) is 2.26. The first kappa shape index (κ1) is 12.4. The van der Waals surface area contributed by atoms with Crippen molar-refractivity contribution in [2.75, 3.05) is 5.73 Å². The lowest BCUT2D eigenvalue weighted by molar-refractivity contribution is 0.477. The molecule has 0 atom stereocenters. The van der Waals surface area contributed by atoms with Gasteiger partial charge in [0.1, 0.15) is 17.6 Å². The molecule has 2 rings (SSSR count). The zero-order chi connectivity index (χ0) is 13.1. The fraction of sp³-hybridized carbons (Fsp3) is 0. The summed E-state index contributed by atoms with van der Waals surface area (Å²) in [4.78, 5) is 0. The molecule has 0 amide bonds. The number of nitrogens with zero attached hydrogens (tertiary/aromatic N) is 1. The minimum atomic E-state index is -0.451. The number of nitriles is 1. The van der Waals surface area contributed by atoms with Crippen LogP contribution in [0.2, 0.25) is 0 Å². The Kier molecular flexibility index (Phi) is 3.49. The summed E-state index contributed by atoms with van der Waals surface area (Å²) in [6.45, 7) is 0. The summed E-state index contributed by atoms with van der Waals surface area (Å²) in [7, 11) is 0. The maximum Gasteiger partial charge on any atom is 0.153 e. The van der Waals surface area contributed by atoms with Gasteiger partial charge in [-0.3, -0.25) is 0 Å². The molecule has 0 aliphatic carbocycles. The van der Waals surface area contributed by atoms with E-state index in [0.29, 0.717) is 17.0 Å². The van der Waals surface area contributed by atoms with Crippen molar-refractivity contribution in [2.45, 2.75) is 0 Å². The highest BCUT2D eigenvalue weighted by molar-refractivity contribution is 9.10. The van der Waals surface area contributed by atoms with E-state index in [4.69, 9.17) is 15.7 Å². The van der Waals surface area contributed by atoms with Gasteiger partial charge in [-0.2, -0.15) is 5.26 Å². The molecule has 0 saturated heterocycles. The van der Waals surface area contributed by atoms with Crippen LogP contribution >= 0.6 is 15.9 Å². The third-order valence-corrected chi connectivity index (χ3v) is 2.75. The molecule has 0 fully saturated rings. The Morgan fingerprint density at radius 2 is 1.94 bits per heavy atom. The Bertz CT molecular complexity index is 637. The number of hydrogen-bond acceptors (Lipinski definition) is 3. The average Bonchev–Trinajstić information content (AvgIpc) is 2.34. The van der Waals surface area contributed by atoms with Crippen molar-refractivity contribution >= 4 is 21.6 Å². The molecule has 2 aromatic carbocycles. The summed E-state index contributed by atoms with van der Waals surface area (Å²) < 4.78 is 19.3. The van der Waals surface area contributed by atoms with Crippen molar-refractivity contribution in [3.05, 3.63) is 52.3 Å². The average molecular weight is 307 g/mol. The molecule has 2 N–H and O–H groups in total. The van der Waals surface area contributed by atoms with Crippen LogP contribution in [0.25, 0.3) is 0 Å². The van der Waals surface area contributed by atoms with Gasteiger partial charge in [0.05, 0.1) is 11.3 Å². The van der Waals surface area contributed by atoms with Crippen LogP contribution in [0.1, 0.15) is 5.56 Å². The molecule has 0 saturated carbocycles. The molecule has 0 bridgehead atoms. The maximum atomic E-state index is 13.1. The van der Waals surface area contributed by atoms with Gasteiger partial charge in [-0.15, -0.1) is 0 Å². The van der Waals surface area contributed by atoms with E-state index in [-0.39, 0.29) is 5.75 Å². The predicted octanol–water partition coefficient (Wildman–Crippen LogP) is 3.83. The molecule has 2 aromatic rings. The van der Waals surface area contributed by atoms with E-state index < -0.39 is 5.82 Å². The van der Waals surface area contributed by atoms with Gasteiger partial charge in [0.2, 0.25) is 0 Å². The highest BCUT2D eigenvalue weighted by Crippen LogP contribution is 2.31. The summed E-state index contributed by atoms with van der Waals surface area (Å²) in [5, 5.41) is 8.96. The highest BCUT2D eigenvalue weighted by atomic mass is 79.9. The van der Waals surface area contributed by atoms with Gasteiger partial charge >= 0.3 is 0 Å². The second-order valence-electron chi connectivity index (χ2n) is 3.54. The van der Waals surface area contributed by atoms with Crippen LogP contribution in [0, 0.1) is 17.1 Å². The Labute approximate surface area is 112 Å². The topological polar surface area (TPSA) is 59.0 Å². The van der Waals surface area contributed by atoms with Crippen molar-refractivity contribution in [2.24, 2.45) is 0 Å². The van der Waals surface area contributed by atoms with E-state index in [9.17, 15) is 4.39 Å². The Hall–Kier alpha value is -2.06. The molecular formula is C13H8BrFN2O. The second-order valence-corrected chi connectivity index (χ2v) is 4.45. The van der Waals surface area contributed by atoms with Crippen LogP contribution < -0.4 is 10.5 Å². The molecule has 90 valence electrons. The van der Waals surface area contributed by atoms with Gasteiger partial charge in [0.15, 0.2) is 5.75 Å². The largest absolute Gasteiger partial charge is 0.454 e. The zero-order valence-electron chi connectivity index (χ0n) is 9.15. The van der Waals surface area contributed by atoms with E-state index >= 15 is 0 Å². The predicted molar refractivity (Wildman–Crippen MR) is 69.7 cm³/mol. The van der Waals surface area contributed by atoms with Gasteiger partial charge in [-0.1, -0.05) is 15.9 Å². The van der Waals surface area contributed by atoms with E-state index in [0.717, 1.165) is 4.47 Å². The summed E-state index contributed by atoms with van der Waals surface area (Å²) >= 11 is 3.28. The highest BCUT2D eigenvalue weighted by Gasteiger charge is 2.08. The van der Waals surface area contributed by atoms with Crippen molar-refractivity contribution in [3.8, 4) is 17.6 Å². The molecule has 0 aromatic heterocycles. The van der Waals surface area contributed by atoms with Gasteiger partial charge in [0.25, 0.3) is 0 Å². The third kappa shape index (κ3) is 2.60. The molecule has 0 heterocycles. The number of benzene rings is 2. The van der Waals surface area contributed by atoms with E-state index in [1.165, 1.54) is 18.2 Å². The van der Waals surface area contributed by atoms with Crippen LogP contribution in [-0.2, 0) is 0 Å². The first-order valence-corrected chi connectivity index (χ1v) is 5.82. The Morgan fingerprint density at radius 3 is 2.67 bits per heavy atom. The Morgan fingerprint density at radius 1 is 1.17 bits per heavy atom. The summed E-state index contributed by atoms with van der Waals surface area (Å²) in [5.74, 6) is 0.0569. The van der Waals surface area contributed by atoms with Crippen molar-refractivity contribution in [1.29, 1.82) is 5.26 Å². The standard InChI is InChI=1S/C13H8BrFN2O/c14-9-2-1-8(7-16)12(5-9)18-13-6-10(15)3-4-11(13)17/h1-6H,17H2. The SMILES string of the molecule is N#Cc1ccc(Br)cc1Oc1cc(F)ccc1N. The van der Waals surface area contributed by atoms with E-state index in [1.54, 1.807) is 18.2 Å². The van der Waals surface area contributed by atoms with Crippen LogP contribution in [0.4, 0.5) is 10.1 Å². The molecule has 18 heavy (non-hydrogen) atoms. The Balaban J connectivity index is 2.43. The molecule has 3 nitrogen and oxygen atoms in total. The molecule has 0 unspecified atom stereocenters. The molecule has 0 radical (unpaired) electrons. The number of nitrogen functional groups attached to an aromatic ring is 1. The zero-order valence-corrected chi connectivity index (χ0v) is 10.7. The fourth-order valence-electron chi connectivity index (χ4n) is 1.39. The van der Waals surface area contributed by atoms with Gasteiger partial charge in [-0.05, 0) is 30.3 Å². The van der Waals surface area contributed by atoms with Gasteiger partial charge in [-0.25, -0.2) is 4.39 Å². The first-order chi connectivity index (χ1) is 8.60. The van der Waals surface area contributed by atoms with Crippen molar-refractivity contribution in [3.63, 3.8) is 0 Å². The molecule has 0 aliphatic heterocycles. The second kappa shape index (κ2) is 5.07. The minimum Gasteiger partial charge on any atom is -0.454 e. The lowest BCUT2D eigenvalue weighted by atomic mass is 10.2. The monoisotopic (exact) mass is 306 g/mol. The lowest BCUT2D eigenvalue weighted by Crippen LogP contribution is -1.94. The summed E-state index contributed by atoms with van der Waals surface area (Å²) in [6.07, 6.45) is 0. The van der Waals surface area contributed by atoms with Crippen LogP contribution in [0.5, 0.6) is 11.5 Å². The van der Waals surface area contributed by atoms with E-state index in [2.05, 4.69) is 15.9 Å². The number of halogens is 2. The maximum absolute atomic E-state index is 13.1. The first-order valence-electron chi connectivity index (χ1n) is 5.02. The number of rotatable bonds is 2. The quantitative estimate of drug-likeness (QED) is 0.858.